The summed E-state index contributed by atoms with van der Waals surface area (Å²) in [7, 11) is 0. The van der Waals surface area contributed by atoms with Crippen LogP contribution in [0.2, 0.25) is 5.02 Å². The van der Waals surface area contributed by atoms with Crippen molar-refractivity contribution in [2.24, 2.45) is 5.73 Å². The fraction of sp³-hybridized carbons (Fsp3) is 0.364. The monoisotopic (exact) mass is 226 g/mol. The number of hydrogen-bond acceptors (Lipinski definition) is 2. The molecule has 15 heavy (non-hydrogen) atoms. The highest BCUT2D eigenvalue weighted by atomic mass is 35.5. The third-order valence-electron chi connectivity index (χ3n) is 2.13. The quantitative estimate of drug-likeness (QED) is 0.821. The van der Waals surface area contributed by atoms with E-state index in [1.807, 2.05) is 25.1 Å². The van der Waals surface area contributed by atoms with Gasteiger partial charge in [0.1, 0.15) is 0 Å². The minimum atomic E-state index is -0.427. The van der Waals surface area contributed by atoms with Gasteiger partial charge in [-0.3, -0.25) is 4.79 Å². The zero-order valence-corrected chi connectivity index (χ0v) is 9.42. The van der Waals surface area contributed by atoms with Crippen molar-refractivity contribution in [2.45, 2.75) is 25.9 Å². The highest BCUT2D eigenvalue weighted by Gasteiger charge is 2.09. The lowest BCUT2D eigenvalue weighted by Crippen LogP contribution is -2.39. The van der Waals surface area contributed by atoms with Crippen LogP contribution in [0.1, 0.15) is 18.9 Å². The van der Waals surface area contributed by atoms with Gasteiger partial charge >= 0.3 is 0 Å². The Bertz CT molecular complexity index is 341. The Hall–Kier alpha value is -1.06. The maximum absolute atomic E-state index is 11.4. The summed E-state index contributed by atoms with van der Waals surface area (Å²) in [5.41, 5.74) is 6.54. The first-order chi connectivity index (χ1) is 7.13. The molecule has 0 aromatic heterocycles. The van der Waals surface area contributed by atoms with Gasteiger partial charge in [0.15, 0.2) is 0 Å². The van der Waals surface area contributed by atoms with Crippen molar-refractivity contribution in [3.63, 3.8) is 0 Å². The topological polar surface area (TPSA) is 55.1 Å². The highest BCUT2D eigenvalue weighted by molar-refractivity contribution is 6.30. The Kier molecular flexibility index (Phi) is 4.59. The number of nitrogens with two attached hydrogens (primary N) is 1. The first-order valence-electron chi connectivity index (χ1n) is 4.91. The minimum absolute atomic E-state index is 0.127. The van der Waals surface area contributed by atoms with Crippen molar-refractivity contribution in [2.75, 3.05) is 0 Å². The van der Waals surface area contributed by atoms with Crippen molar-refractivity contribution in [3.8, 4) is 0 Å². The molecule has 0 aliphatic heterocycles. The van der Waals surface area contributed by atoms with Crippen LogP contribution in [0.4, 0.5) is 0 Å². The molecule has 1 atom stereocenters. The maximum atomic E-state index is 11.4. The van der Waals surface area contributed by atoms with Crippen LogP contribution in [-0.4, -0.2) is 11.9 Å². The smallest absolute Gasteiger partial charge is 0.237 e. The van der Waals surface area contributed by atoms with Crippen LogP contribution in [0.25, 0.3) is 0 Å². The second-order valence-electron chi connectivity index (χ2n) is 3.36. The molecule has 0 radical (unpaired) electrons. The summed E-state index contributed by atoms with van der Waals surface area (Å²) in [6, 6.07) is 6.95. The lowest BCUT2D eigenvalue weighted by Gasteiger charge is -2.09. The summed E-state index contributed by atoms with van der Waals surface area (Å²) in [4.78, 5) is 11.4. The first kappa shape index (κ1) is 12.0. The van der Waals surface area contributed by atoms with Gasteiger partial charge in [-0.25, -0.2) is 0 Å². The van der Waals surface area contributed by atoms with Crippen molar-refractivity contribution in [1.29, 1.82) is 0 Å². The summed E-state index contributed by atoms with van der Waals surface area (Å²) in [5, 5.41) is 3.42. The van der Waals surface area contributed by atoms with E-state index >= 15 is 0 Å². The second-order valence-corrected chi connectivity index (χ2v) is 3.80. The summed E-state index contributed by atoms with van der Waals surface area (Å²) < 4.78 is 0. The van der Waals surface area contributed by atoms with Crippen LogP contribution < -0.4 is 11.1 Å². The van der Waals surface area contributed by atoms with E-state index in [-0.39, 0.29) is 5.91 Å². The molecule has 0 bridgehead atoms. The van der Waals surface area contributed by atoms with Crippen molar-refractivity contribution < 1.29 is 4.79 Å². The van der Waals surface area contributed by atoms with Crippen molar-refractivity contribution in [1.82, 2.24) is 5.32 Å². The molecule has 82 valence electrons. The van der Waals surface area contributed by atoms with Crippen LogP contribution in [0.15, 0.2) is 24.3 Å². The third kappa shape index (κ3) is 3.90. The normalized spacial score (nSPS) is 12.2. The molecule has 1 aromatic rings. The van der Waals surface area contributed by atoms with Crippen molar-refractivity contribution >= 4 is 17.5 Å². The van der Waals surface area contributed by atoms with E-state index < -0.39 is 6.04 Å². The van der Waals surface area contributed by atoms with Crippen LogP contribution in [0.5, 0.6) is 0 Å². The summed E-state index contributed by atoms with van der Waals surface area (Å²) in [5.74, 6) is -0.127. The van der Waals surface area contributed by atoms with Gasteiger partial charge in [0.2, 0.25) is 5.91 Å². The van der Waals surface area contributed by atoms with Crippen LogP contribution in [0, 0.1) is 0 Å². The van der Waals surface area contributed by atoms with E-state index in [1.165, 1.54) is 0 Å². The minimum Gasteiger partial charge on any atom is -0.351 e. The number of carbonyl (C=O) groups is 1. The lowest BCUT2D eigenvalue weighted by atomic mass is 10.2. The number of carbonyl (C=O) groups excluding carboxylic acids is 1. The van der Waals surface area contributed by atoms with Gasteiger partial charge in [0, 0.05) is 11.6 Å². The number of halogens is 1. The Morgan fingerprint density at radius 2 is 2.33 bits per heavy atom. The predicted molar refractivity (Wildman–Crippen MR) is 61.6 cm³/mol. The molecule has 0 heterocycles. The van der Waals surface area contributed by atoms with E-state index in [9.17, 15) is 4.79 Å². The van der Waals surface area contributed by atoms with Gasteiger partial charge in [-0.2, -0.15) is 0 Å². The van der Waals surface area contributed by atoms with E-state index in [0.29, 0.717) is 18.0 Å². The summed E-state index contributed by atoms with van der Waals surface area (Å²) >= 11 is 5.81. The van der Waals surface area contributed by atoms with Gasteiger partial charge < -0.3 is 11.1 Å². The largest absolute Gasteiger partial charge is 0.351 e. The molecule has 3 nitrogen and oxygen atoms in total. The molecule has 1 rings (SSSR count). The first-order valence-corrected chi connectivity index (χ1v) is 5.29. The molecule has 0 aliphatic carbocycles. The molecular formula is C11H15ClN2O. The van der Waals surface area contributed by atoms with Crippen LogP contribution >= 0.6 is 11.6 Å². The molecule has 0 saturated carbocycles. The zero-order chi connectivity index (χ0) is 11.3. The fourth-order valence-electron chi connectivity index (χ4n) is 1.15. The molecule has 4 heteroatoms. The number of hydrogen-bond donors (Lipinski definition) is 2. The highest BCUT2D eigenvalue weighted by Crippen LogP contribution is 2.10. The molecule has 0 unspecified atom stereocenters. The van der Waals surface area contributed by atoms with Gasteiger partial charge in [0.25, 0.3) is 0 Å². The SMILES string of the molecule is CC[C@@H](N)C(=O)NCc1cccc(Cl)c1. The van der Waals surface area contributed by atoms with E-state index in [1.54, 1.807) is 6.07 Å². The summed E-state index contributed by atoms with van der Waals surface area (Å²) in [6.07, 6.45) is 0.640. The molecule has 0 fully saturated rings. The van der Waals surface area contributed by atoms with Gasteiger partial charge in [-0.15, -0.1) is 0 Å². The molecule has 0 spiro atoms. The fourth-order valence-corrected chi connectivity index (χ4v) is 1.37. The van der Waals surface area contributed by atoms with E-state index in [4.69, 9.17) is 17.3 Å². The van der Waals surface area contributed by atoms with Gasteiger partial charge in [-0.05, 0) is 24.1 Å². The van der Waals surface area contributed by atoms with Gasteiger partial charge in [0.05, 0.1) is 6.04 Å². The number of rotatable bonds is 4. The van der Waals surface area contributed by atoms with Crippen LogP contribution in [0.3, 0.4) is 0 Å². The zero-order valence-electron chi connectivity index (χ0n) is 8.66. The lowest BCUT2D eigenvalue weighted by molar-refractivity contribution is -0.122. The standard InChI is InChI=1S/C11H15ClN2O/c1-2-10(13)11(15)14-7-8-4-3-5-9(12)6-8/h3-6,10H,2,7,13H2,1H3,(H,14,15)/t10-/m1/s1. The number of benzene rings is 1. The Labute approximate surface area is 94.6 Å². The molecule has 0 aliphatic rings. The molecular weight excluding hydrogens is 212 g/mol. The molecule has 3 N–H and O–H groups in total. The maximum Gasteiger partial charge on any atom is 0.237 e. The third-order valence-corrected chi connectivity index (χ3v) is 2.37. The van der Waals surface area contributed by atoms with Gasteiger partial charge in [-0.1, -0.05) is 30.7 Å². The molecule has 1 aromatic carbocycles. The molecule has 0 saturated heterocycles. The Balaban J connectivity index is 2.47. The van der Waals surface area contributed by atoms with E-state index in [0.717, 1.165) is 5.56 Å². The average molecular weight is 227 g/mol. The number of amides is 1. The predicted octanol–water partition coefficient (Wildman–Crippen LogP) is 1.69. The van der Waals surface area contributed by atoms with Crippen LogP contribution in [-0.2, 0) is 11.3 Å². The van der Waals surface area contributed by atoms with E-state index in [2.05, 4.69) is 5.32 Å². The average Bonchev–Trinajstić information content (AvgIpc) is 2.25. The number of nitrogens with one attached hydrogen (secondary N) is 1. The second kappa shape index (κ2) is 5.73. The molecule has 1 amide bonds. The summed E-state index contributed by atoms with van der Waals surface area (Å²) in [6.45, 7) is 2.34. The Morgan fingerprint density at radius 1 is 1.60 bits per heavy atom. The van der Waals surface area contributed by atoms with Crippen molar-refractivity contribution in [3.05, 3.63) is 34.9 Å². The Morgan fingerprint density at radius 3 is 2.93 bits per heavy atom.